The van der Waals surface area contributed by atoms with Gasteiger partial charge in [0.2, 0.25) is 5.91 Å². The number of para-hydroxylation sites is 1. The maximum atomic E-state index is 13.2. The third kappa shape index (κ3) is 3.71. The minimum Gasteiger partial charge on any atom is -0.324 e. The van der Waals surface area contributed by atoms with E-state index in [1.165, 1.54) is 11.1 Å². The highest BCUT2D eigenvalue weighted by Crippen LogP contribution is 2.33. The zero-order valence-electron chi connectivity index (χ0n) is 18.5. The fraction of sp³-hybridized carbons (Fsp3) is 0.400. The molecule has 162 valence electrons. The second kappa shape index (κ2) is 7.84. The number of benzene rings is 2. The van der Waals surface area contributed by atoms with Gasteiger partial charge in [-0.15, -0.1) is 0 Å². The van der Waals surface area contributed by atoms with Gasteiger partial charge >= 0.3 is 6.03 Å². The summed E-state index contributed by atoms with van der Waals surface area (Å²) < 4.78 is 0. The molecule has 2 aromatic rings. The molecule has 0 unspecified atom stereocenters. The predicted octanol–water partition coefficient (Wildman–Crippen LogP) is 4.01. The first-order valence-electron chi connectivity index (χ1n) is 10.9. The van der Waals surface area contributed by atoms with Crippen LogP contribution in [0.4, 0.5) is 10.5 Å². The van der Waals surface area contributed by atoms with Crippen LogP contribution < -0.4 is 10.6 Å². The number of fused-ring (bicyclic) bond motifs is 1. The van der Waals surface area contributed by atoms with Crippen LogP contribution in [-0.4, -0.2) is 29.3 Å². The molecule has 1 aliphatic carbocycles. The van der Waals surface area contributed by atoms with Gasteiger partial charge in [0.15, 0.2) is 0 Å². The van der Waals surface area contributed by atoms with Crippen molar-refractivity contribution in [3.63, 3.8) is 0 Å². The largest absolute Gasteiger partial charge is 0.325 e. The molecule has 1 atom stereocenters. The van der Waals surface area contributed by atoms with Crippen LogP contribution in [0.15, 0.2) is 36.4 Å². The van der Waals surface area contributed by atoms with E-state index in [4.69, 9.17) is 0 Å². The molecule has 1 fully saturated rings. The van der Waals surface area contributed by atoms with Gasteiger partial charge in [-0.2, -0.15) is 0 Å². The van der Waals surface area contributed by atoms with Crippen LogP contribution in [-0.2, 0) is 28.0 Å². The number of rotatable bonds is 5. The van der Waals surface area contributed by atoms with Gasteiger partial charge in [-0.05, 0) is 66.8 Å². The normalized spacial score (nSPS) is 20.2. The van der Waals surface area contributed by atoms with E-state index < -0.39 is 23.4 Å². The summed E-state index contributed by atoms with van der Waals surface area (Å²) in [7, 11) is 0. The van der Waals surface area contributed by atoms with E-state index in [2.05, 4.69) is 24.5 Å². The van der Waals surface area contributed by atoms with E-state index in [1.807, 2.05) is 43.3 Å². The molecule has 0 bridgehead atoms. The average Bonchev–Trinajstić information content (AvgIpc) is 3.27. The van der Waals surface area contributed by atoms with Gasteiger partial charge in [0, 0.05) is 5.69 Å². The maximum Gasteiger partial charge on any atom is 0.325 e. The highest BCUT2D eigenvalue weighted by molar-refractivity contribution is 6.10. The van der Waals surface area contributed by atoms with Crippen molar-refractivity contribution >= 4 is 23.5 Å². The minimum atomic E-state index is -1.17. The van der Waals surface area contributed by atoms with Crippen molar-refractivity contribution in [3.05, 3.63) is 64.2 Å². The van der Waals surface area contributed by atoms with Gasteiger partial charge in [-0.25, -0.2) is 4.79 Å². The molecule has 6 heteroatoms. The first-order valence-corrected chi connectivity index (χ1v) is 10.9. The van der Waals surface area contributed by atoms with Crippen LogP contribution in [0.1, 0.15) is 60.9 Å². The number of nitrogens with zero attached hydrogens (tertiary/aromatic N) is 1. The summed E-state index contributed by atoms with van der Waals surface area (Å²) in [6, 6.07) is 11.3. The molecule has 0 spiro atoms. The summed E-state index contributed by atoms with van der Waals surface area (Å²) in [5, 5.41) is 5.72. The average molecular weight is 420 g/mol. The molecular formula is C25H29N3O3. The fourth-order valence-electron chi connectivity index (χ4n) is 4.58. The molecule has 31 heavy (non-hydrogen) atoms. The molecule has 1 saturated heterocycles. The van der Waals surface area contributed by atoms with Crippen molar-refractivity contribution in [3.8, 4) is 0 Å². The number of imide groups is 1. The molecule has 1 aliphatic heterocycles. The summed E-state index contributed by atoms with van der Waals surface area (Å²) in [5.41, 5.74) is 4.85. The van der Waals surface area contributed by atoms with Crippen LogP contribution in [0.5, 0.6) is 0 Å². The Morgan fingerprint density at radius 2 is 1.90 bits per heavy atom. The van der Waals surface area contributed by atoms with E-state index in [9.17, 15) is 14.4 Å². The number of carbonyl (C=O) groups excluding carboxylic acids is 3. The van der Waals surface area contributed by atoms with Gasteiger partial charge < -0.3 is 10.6 Å². The first-order chi connectivity index (χ1) is 14.7. The monoisotopic (exact) mass is 419 g/mol. The molecule has 1 heterocycles. The molecule has 4 amide bonds. The van der Waals surface area contributed by atoms with Crippen molar-refractivity contribution in [1.82, 2.24) is 10.2 Å². The smallest absolute Gasteiger partial charge is 0.324 e. The van der Waals surface area contributed by atoms with Gasteiger partial charge in [-0.1, -0.05) is 50.2 Å². The Labute approximate surface area is 183 Å². The number of nitrogens with one attached hydrogen (secondary N) is 2. The third-order valence-corrected chi connectivity index (χ3v) is 6.44. The lowest BCUT2D eigenvalue weighted by atomic mass is 9.89. The Bertz CT molecular complexity index is 1080. The Kier molecular flexibility index (Phi) is 5.33. The molecule has 0 saturated carbocycles. The fourth-order valence-corrected chi connectivity index (χ4v) is 4.58. The van der Waals surface area contributed by atoms with Gasteiger partial charge in [0.25, 0.3) is 5.91 Å². The van der Waals surface area contributed by atoms with Crippen molar-refractivity contribution in [2.75, 3.05) is 11.9 Å². The number of carbonyl (C=O) groups is 3. The highest BCUT2D eigenvalue weighted by Gasteiger charge is 2.49. The third-order valence-electron chi connectivity index (χ3n) is 6.44. The second-order valence-corrected chi connectivity index (χ2v) is 9.03. The Morgan fingerprint density at radius 3 is 2.65 bits per heavy atom. The lowest BCUT2D eigenvalue weighted by Crippen LogP contribution is -2.42. The Morgan fingerprint density at radius 1 is 1.16 bits per heavy atom. The number of anilines is 1. The predicted molar refractivity (Wildman–Crippen MR) is 120 cm³/mol. The number of hydrogen-bond acceptors (Lipinski definition) is 3. The van der Waals surface area contributed by atoms with Crippen LogP contribution in [0.2, 0.25) is 0 Å². The molecular weight excluding hydrogens is 390 g/mol. The summed E-state index contributed by atoms with van der Waals surface area (Å²) >= 11 is 0. The SMILES string of the molecule is Cc1cccc(C(C)C)c1NC(=O)CN1C(=O)N[C@@](C)(c2ccc3c(c2)CCC3)C1=O. The standard InChI is InChI=1S/C25H29N3O3/c1-15(2)20-10-5-7-16(3)22(20)26-21(29)14-28-23(30)25(4,27-24(28)31)19-12-11-17-8-6-9-18(17)13-19/h5,7,10-13,15H,6,8-9,14H2,1-4H3,(H,26,29)(H,27,31)/t25-/m0/s1. The van der Waals surface area contributed by atoms with Gasteiger partial charge in [0.1, 0.15) is 12.1 Å². The van der Waals surface area contributed by atoms with Crippen LogP contribution >= 0.6 is 0 Å². The van der Waals surface area contributed by atoms with E-state index in [1.54, 1.807) is 6.92 Å². The van der Waals surface area contributed by atoms with E-state index >= 15 is 0 Å². The molecule has 0 aromatic heterocycles. The van der Waals surface area contributed by atoms with E-state index in [0.29, 0.717) is 0 Å². The molecule has 2 N–H and O–H groups in total. The van der Waals surface area contributed by atoms with Crippen molar-refractivity contribution < 1.29 is 14.4 Å². The summed E-state index contributed by atoms with van der Waals surface area (Å²) in [6.07, 6.45) is 3.15. The lowest BCUT2D eigenvalue weighted by Gasteiger charge is -2.23. The minimum absolute atomic E-state index is 0.231. The summed E-state index contributed by atoms with van der Waals surface area (Å²) in [4.78, 5) is 39.7. The molecule has 6 nitrogen and oxygen atoms in total. The molecule has 2 aromatic carbocycles. The van der Waals surface area contributed by atoms with Crippen molar-refractivity contribution in [2.45, 2.75) is 58.4 Å². The molecule has 4 rings (SSSR count). The number of hydrogen-bond donors (Lipinski definition) is 2. The summed E-state index contributed by atoms with van der Waals surface area (Å²) in [5.74, 6) is -0.563. The maximum absolute atomic E-state index is 13.2. The molecule has 2 aliphatic rings. The number of urea groups is 1. The lowest BCUT2D eigenvalue weighted by molar-refractivity contribution is -0.133. The van der Waals surface area contributed by atoms with Crippen molar-refractivity contribution in [1.29, 1.82) is 0 Å². The first kappa shape index (κ1) is 21.1. The zero-order valence-corrected chi connectivity index (χ0v) is 18.5. The second-order valence-electron chi connectivity index (χ2n) is 9.03. The zero-order chi connectivity index (χ0) is 22.3. The van der Waals surface area contributed by atoms with Crippen LogP contribution in [0, 0.1) is 6.92 Å². The number of aryl methyl sites for hydroxylation is 3. The Balaban J connectivity index is 1.53. The summed E-state index contributed by atoms with van der Waals surface area (Å²) in [6.45, 7) is 7.44. The molecule has 0 radical (unpaired) electrons. The number of amides is 4. The van der Waals surface area contributed by atoms with Crippen molar-refractivity contribution in [2.24, 2.45) is 0 Å². The van der Waals surface area contributed by atoms with Gasteiger partial charge in [0.05, 0.1) is 0 Å². The van der Waals surface area contributed by atoms with Crippen LogP contribution in [0.25, 0.3) is 0 Å². The van der Waals surface area contributed by atoms with E-state index in [-0.39, 0.29) is 12.5 Å². The quantitative estimate of drug-likeness (QED) is 0.719. The van der Waals surface area contributed by atoms with E-state index in [0.717, 1.165) is 46.5 Å². The highest BCUT2D eigenvalue weighted by atomic mass is 16.2. The Hall–Kier alpha value is -3.15. The topological polar surface area (TPSA) is 78.5 Å². The van der Waals surface area contributed by atoms with Crippen LogP contribution in [0.3, 0.4) is 0 Å². The van der Waals surface area contributed by atoms with Gasteiger partial charge in [-0.3, -0.25) is 14.5 Å².